The molecule has 1 fully saturated rings. The zero-order chi connectivity index (χ0) is 21.1. The predicted octanol–water partition coefficient (Wildman–Crippen LogP) is 3.64. The summed E-state index contributed by atoms with van der Waals surface area (Å²) >= 11 is 1.39. The first-order valence-electron chi connectivity index (χ1n) is 9.57. The molecule has 0 radical (unpaired) electrons. The minimum atomic E-state index is -0.235. The molecule has 0 spiro atoms. The smallest absolute Gasteiger partial charge is 0.286 e. The van der Waals surface area contributed by atoms with Crippen molar-refractivity contribution in [2.45, 2.75) is 0 Å². The maximum atomic E-state index is 13.1. The highest BCUT2D eigenvalue weighted by molar-refractivity contribution is 8.18. The molecule has 0 aromatic heterocycles. The van der Waals surface area contributed by atoms with Crippen molar-refractivity contribution < 1.29 is 18.7 Å². The van der Waals surface area contributed by atoms with Gasteiger partial charge in [0.15, 0.2) is 16.7 Å². The van der Waals surface area contributed by atoms with Gasteiger partial charge in [0.2, 0.25) is 0 Å². The van der Waals surface area contributed by atoms with E-state index in [1.54, 1.807) is 26.4 Å². The van der Waals surface area contributed by atoms with Crippen molar-refractivity contribution in [1.29, 1.82) is 0 Å². The number of piperazine rings is 1. The number of nitrogens with zero attached hydrogens (tertiary/aromatic N) is 3. The molecule has 1 amide bonds. The molecule has 4 rings (SSSR count). The van der Waals surface area contributed by atoms with E-state index in [9.17, 15) is 9.18 Å². The van der Waals surface area contributed by atoms with E-state index in [0.29, 0.717) is 16.4 Å². The molecule has 2 aromatic rings. The summed E-state index contributed by atoms with van der Waals surface area (Å²) in [5, 5.41) is 0.727. The van der Waals surface area contributed by atoms with Crippen LogP contribution in [0.4, 0.5) is 10.1 Å². The second-order valence-corrected chi connectivity index (χ2v) is 7.88. The molecule has 2 aromatic carbocycles. The van der Waals surface area contributed by atoms with Gasteiger partial charge in [-0.2, -0.15) is 4.99 Å². The molecule has 0 aliphatic carbocycles. The van der Waals surface area contributed by atoms with Gasteiger partial charge in [-0.3, -0.25) is 4.79 Å². The van der Waals surface area contributed by atoms with Gasteiger partial charge >= 0.3 is 0 Å². The Morgan fingerprint density at radius 2 is 1.63 bits per heavy atom. The Morgan fingerprint density at radius 1 is 0.967 bits per heavy atom. The molecule has 156 valence electrons. The Morgan fingerprint density at radius 3 is 2.30 bits per heavy atom. The van der Waals surface area contributed by atoms with Gasteiger partial charge in [-0.05, 0) is 59.8 Å². The second kappa shape index (κ2) is 8.79. The Labute approximate surface area is 179 Å². The van der Waals surface area contributed by atoms with Crippen molar-refractivity contribution in [3.8, 4) is 11.5 Å². The van der Waals surface area contributed by atoms with Crippen LogP contribution in [-0.4, -0.2) is 56.4 Å². The van der Waals surface area contributed by atoms with Crippen molar-refractivity contribution in [2.75, 3.05) is 45.3 Å². The van der Waals surface area contributed by atoms with Crippen LogP contribution < -0.4 is 14.4 Å². The number of hydrogen-bond acceptors (Lipinski definition) is 6. The number of carbonyl (C=O) groups is 1. The monoisotopic (exact) mass is 427 g/mol. The van der Waals surface area contributed by atoms with Crippen LogP contribution in [-0.2, 0) is 4.79 Å². The van der Waals surface area contributed by atoms with Gasteiger partial charge in [-0.25, -0.2) is 4.39 Å². The highest BCUT2D eigenvalue weighted by Gasteiger charge is 2.28. The van der Waals surface area contributed by atoms with Crippen molar-refractivity contribution >= 4 is 34.6 Å². The lowest BCUT2D eigenvalue weighted by Crippen LogP contribution is -2.47. The molecule has 30 heavy (non-hydrogen) atoms. The summed E-state index contributed by atoms with van der Waals surface area (Å²) in [4.78, 5) is 21.6. The minimum absolute atomic E-state index is 0.231. The van der Waals surface area contributed by atoms with Crippen molar-refractivity contribution in [2.24, 2.45) is 4.99 Å². The van der Waals surface area contributed by atoms with E-state index in [1.807, 2.05) is 24.3 Å². The van der Waals surface area contributed by atoms with Crippen LogP contribution in [0.25, 0.3) is 6.08 Å². The van der Waals surface area contributed by atoms with Crippen LogP contribution in [0.1, 0.15) is 5.56 Å². The summed E-state index contributed by atoms with van der Waals surface area (Å²) in [7, 11) is 3.17. The first kappa shape index (κ1) is 20.3. The normalized spacial score (nSPS) is 18.0. The Bertz CT molecular complexity index is 999. The number of hydrogen-bond donors (Lipinski definition) is 0. The van der Waals surface area contributed by atoms with E-state index >= 15 is 0 Å². The Balaban J connectivity index is 1.41. The Kier molecular flexibility index (Phi) is 5.94. The predicted molar refractivity (Wildman–Crippen MR) is 118 cm³/mol. The third-order valence-corrected chi connectivity index (χ3v) is 6.10. The molecule has 0 bridgehead atoms. The maximum absolute atomic E-state index is 13.1. The molecule has 0 atom stereocenters. The number of rotatable bonds is 4. The molecular weight excluding hydrogens is 405 g/mol. The first-order valence-corrected chi connectivity index (χ1v) is 10.4. The zero-order valence-electron chi connectivity index (χ0n) is 16.8. The number of halogens is 1. The molecule has 0 saturated carbocycles. The van der Waals surface area contributed by atoms with Crippen molar-refractivity contribution in [3.63, 3.8) is 0 Å². The van der Waals surface area contributed by atoms with Gasteiger partial charge in [0.25, 0.3) is 5.91 Å². The summed E-state index contributed by atoms with van der Waals surface area (Å²) in [6, 6.07) is 12.1. The number of ether oxygens (including phenoxy) is 2. The van der Waals surface area contributed by atoms with Crippen LogP contribution in [0.3, 0.4) is 0 Å². The van der Waals surface area contributed by atoms with E-state index in [1.165, 1.54) is 23.9 Å². The molecule has 0 unspecified atom stereocenters. The molecule has 0 N–H and O–H groups in total. The fourth-order valence-electron chi connectivity index (χ4n) is 3.44. The molecule has 6 nitrogen and oxygen atoms in total. The standard InChI is InChI=1S/C22H22FN3O3S/c1-28-18-8-3-15(13-19(18)29-2)14-20-21(27)24-22(30-20)26-11-9-25(10-12-26)17-6-4-16(23)5-7-17/h3-8,13-14H,9-12H2,1-2H3/b20-14-. The lowest BCUT2D eigenvalue weighted by atomic mass is 10.2. The van der Waals surface area contributed by atoms with Crippen LogP contribution in [0.2, 0.25) is 0 Å². The third kappa shape index (κ3) is 4.28. The summed E-state index contributed by atoms with van der Waals surface area (Å²) in [6.07, 6.45) is 1.82. The average molecular weight is 428 g/mol. The molecular formula is C22H22FN3O3S. The van der Waals surface area contributed by atoms with Crippen LogP contribution in [0.5, 0.6) is 11.5 Å². The third-order valence-electron chi connectivity index (χ3n) is 5.06. The lowest BCUT2D eigenvalue weighted by molar-refractivity contribution is -0.113. The fraction of sp³-hybridized carbons (Fsp3) is 0.273. The highest BCUT2D eigenvalue weighted by Crippen LogP contribution is 2.33. The van der Waals surface area contributed by atoms with Gasteiger partial charge < -0.3 is 19.3 Å². The minimum Gasteiger partial charge on any atom is -0.493 e. The number of aliphatic imine (C=N–C) groups is 1. The number of anilines is 1. The SMILES string of the molecule is COc1ccc(/C=C2\SC(N3CCN(c4ccc(F)cc4)CC3)=NC2=O)cc1OC. The lowest BCUT2D eigenvalue weighted by Gasteiger charge is -2.36. The zero-order valence-corrected chi connectivity index (χ0v) is 17.6. The number of amidine groups is 1. The van der Waals surface area contributed by atoms with Crippen molar-refractivity contribution in [1.82, 2.24) is 4.90 Å². The summed E-state index contributed by atoms with van der Waals surface area (Å²) in [5.41, 5.74) is 1.85. The van der Waals surface area contributed by atoms with Crippen LogP contribution >= 0.6 is 11.8 Å². The molecule has 1 saturated heterocycles. The first-order chi connectivity index (χ1) is 14.6. The molecule has 2 heterocycles. The fourth-order valence-corrected chi connectivity index (χ4v) is 4.40. The molecule has 2 aliphatic rings. The van der Waals surface area contributed by atoms with E-state index in [0.717, 1.165) is 42.6 Å². The number of carbonyl (C=O) groups excluding carboxylic acids is 1. The summed E-state index contributed by atoms with van der Waals surface area (Å²) in [5.74, 6) is 0.786. The molecule has 2 aliphatic heterocycles. The number of thioether (sulfide) groups is 1. The van der Waals surface area contributed by atoms with E-state index in [2.05, 4.69) is 14.8 Å². The quantitative estimate of drug-likeness (QED) is 0.695. The topological polar surface area (TPSA) is 54.4 Å². The van der Waals surface area contributed by atoms with Crippen LogP contribution in [0.15, 0.2) is 52.4 Å². The van der Waals surface area contributed by atoms with Gasteiger partial charge in [0.1, 0.15) is 5.82 Å². The Hall–Kier alpha value is -3.00. The number of methoxy groups -OCH3 is 2. The maximum Gasteiger partial charge on any atom is 0.286 e. The average Bonchev–Trinajstić information content (AvgIpc) is 3.14. The van der Waals surface area contributed by atoms with E-state index < -0.39 is 0 Å². The van der Waals surface area contributed by atoms with Gasteiger partial charge in [-0.1, -0.05) is 6.07 Å². The van der Waals surface area contributed by atoms with Crippen molar-refractivity contribution in [3.05, 3.63) is 58.8 Å². The van der Waals surface area contributed by atoms with Gasteiger partial charge in [-0.15, -0.1) is 0 Å². The van der Waals surface area contributed by atoms with Gasteiger partial charge in [0, 0.05) is 31.9 Å². The molecule has 8 heteroatoms. The largest absolute Gasteiger partial charge is 0.493 e. The highest BCUT2D eigenvalue weighted by atomic mass is 32.2. The van der Waals surface area contributed by atoms with Gasteiger partial charge in [0.05, 0.1) is 19.1 Å². The summed E-state index contributed by atoms with van der Waals surface area (Å²) in [6.45, 7) is 3.07. The van der Waals surface area contributed by atoms with E-state index in [-0.39, 0.29) is 11.7 Å². The van der Waals surface area contributed by atoms with E-state index in [4.69, 9.17) is 9.47 Å². The number of benzene rings is 2. The second-order valence-electron chi connectivity index (χ2n) is 6.88. The van der Waals surface area contributed by atoms with Crippen LogP contribution in [0, 0.1) is 5.82 Å². The summed E-state index contributed by atoms with van der Waals surface area (Å²) < 4.78 is 23.7. The number of amides is 1.